The average molecular weight is 445 g/mol. The zero-order valence-corrected chi connectivity index (χ0v) is 19.0. The summed E-state index contributed by atoms with van der Waals surface area (Å²) in [6, 6.07) is 6.12. The highest BCUT2D eigenvalue weighted by Crippen LogP contribution is 2.35. The Morgan fingerprint density at radius 1 is 1.12 bits per heavy atom. The number of carbonyl (C=O) groups is 1. The van der Waals surface area contributed by atoms with E-state index in [0.29, 0.717) is 25.1 Å². The van der Waals surface area contributed by atoms with Crippen molar-refractivity contribution >= 4 is 11.9 Å². The van der Waals surface area contributed by atoms with Gasteiger partial charge in [0.2, 0.25) is 5.95 Å². The van der Waals surface area contributed by atoms with Gasteiger partial charge in [-0.15, -0.1) is 0 Å². The van der Waals surface area contributed by atoms with E-state index < -0.39 is 0 Å². The fraction of sp³-hybridized carbons (Fsp3) is 0.400. The summed E-state index contributed by atoms with van der Waals surface area (Å²) in [4.78, 5) is 43.6. The van der Waals surface area contributed by atoms with Gasteiger partial charge in [0.15, 0.2) is 0 Å². The Hall–Kier alpha value is -3.55. The van der Waals surface area contributed by atoms with E-state index in [4.69, 9.17) is 4.98 Å². The quantitative estimate of drug-likeness (QED) is 0.625. The first kappa shape index (κ1) is 21.3. The third-order valence-corrected chi connectivity index (χ3v) is 6.62. The molecule has 1 amide bonds. The molecule has 0 unspecified atom stereocenters. The minimum atomic E-state index is -0.322. The van der Waals surface area contributed by atoms with Crippen molar-refractivity contribution in [3.63, 3.8) is 0 Å². The van der Waals surface area contributed by atoms with Gasteiger partial charge in [-0.05, 0) is 68.9 Å². The lowest BCUT2D eigenvalue weighted by Gasteiger charge is -2.32. The highest BCUT2D eigenvalue weighted by molar-refractivity contribution is 5.94. The highest BCUT2D eigenvalue weighted by Gasteiger charge is 2.29. The molecule has 0 atom stereocenters. The number of anilines is 1. The van der Waals surface area contributed by atoms with Crippen LogP contribution in [0.1, 0.15) is 58.9 Å². The number of piperidine rings is 1. The number of hydrogen-bond acceptors (Lipinski definition) is 6. The van der Waals surface area contributed by atoms with Crippen LogP contribution in [0.25, 0.3) is 11.1 Å². The van der Waals surface area contributed by atoms with E-state index in [-0.39, 0.29) is 22.9 Å². The van der Waals surface area contributed by atoms with Gasteiger partial charge in [-0.1, -0.05) is 0 Å². The maximum Gasteiger partial charge on any atom is 0.261 e. The summed E-state index contributed by atoms with van der Waals surface area (Å²) in [6.45, 7) is 4.91. The van der Waals surface area contributed by atoms with Crippen molar-refractivity contribution in [2.24, 2.45) is 0 Å². The molecule has 5 rings (SSSR count). The van der Waals surface area contributed by atoms with E-state index in [0.717, 1.165) is 53.8 Å². The first-order valence-electron chi connectivity index (χ1n) is 11.5. The molecule has 1 saturated heterocycles. The predicted molar refractivity (Wildman–Crippen MR) is 126 cm³/mol. The smallest absolute Gasteiger partial charge is 0.261 e. The molecule has 1 aliphatic heterocycles. The number of H-pyrrole nitrogens is 1. The van der Waals surface area contributed by atoms with Gasteiger partial charge >= 0.3 is 0 Å². The lowest BCUT2D eigenvalue weighted by Crippen LogP contribution is -2.40. The van der Waals surface area contributed by atoms with Crippen LogP contribution in [-0.2, 0) is 0 Å². The molecular formula is C25H28N6O2. The van der Waals surface area contributed by atoms with E-state index in [1.807, 2.05) is 32.2 Å². The summed E-state index contributed by atoms with van der Waals surface area (Å²) in [5, 5.41) is 3.40. The van der Waals surface area contributed by atoms with E-state index >= 15 is 0 Å². The number of likely N-dealkylation sites (tertiary alicyclic amines) is 1. The summed E-state index contributed by atoms with van der Waals surface area (Å²) < 4.78 is 0. The number of rotatable bonds is 5. The van der Waals surface area contributed by atoms with Gasteiger partial charge in [0.25, 0.3) is 11.5 Å². The first-order chi connectivity index (χ1) is 16.0. The van der Waals surface area contributed by atoms with Gasteiger partial charge in [-0.2, -0.15) is 0 Å². The molecule has 3 aromatic heterocycles. The zero-order chi connectivity index (χ0) is 22.9. The van der Waals surface area contributed by atoms with Crippen LogP contribution in [-0.4, -0.2) is 49.9 Å². The zero-order valence-electron chi connectivity index (χ0n) is 19.0. The lowest BCUT2D eigenvalue weighted by molar-refractivity contribution is 0.0710. The Balaban J connectivity index is 1.37. The molecule has 8 nitrogen and oxygen atoms in total. The number of carbonyl (C=O) groups excluding carboxylic acids is 1. The molecule has 3 aromatic rings. The number of aromatic amines is 1. The molecule has 8 heteroatoms. The second-order valence-electron chi connectivity index (χ2n) is 9.03. The van der Waals surface area contributed by atoms with Crippen molar-refractivity contribution in [3.05, 3.63) is 69.7 Å². The van der Waals surface area contributed by atoms with E-state index in [2.05, 4.69) is 20.3 Å². The van der Waals surface area contributed by atoms with Crippen LogP contribution in [0.2, 0.25) is 0 Å². The fourth-order valence-corrected chi connectivity index (χ4v) is 4.35. The number of amides is 1. The van der Waals surface area contributed by atoms with Crippen LogP contribution in [0.5, 0.6) is 0 Å². The van der Waals surface area contributed by atoms with Crippen LogP contribution >= 0.6 is 0 Å². The summed E-state index contributed by atoms with van der Waals surface area (Å²) in [7, 11) is 0. The number of aryl methyl sites for hydroxylation is 2. The fourth-order valence-electron chi connectivity index (χ4n) is 4.35. The van der Waals surface area contributed by atoms with E-state index in [1.54, 1.807) is 23.4 Å². The average Bonchev–Trinajstić information content (AvgIpc) is 3.66. The van der Waals surface area contributed by atoms with Crippen LogP contribution in [0, 0.1) is 13.8 Å². The van der Waals surface area contributed by atoms with E-state index in [1.165, 1.54) is 0 Å². The van der Waals surface area contributed by atoms with Crippen LogP contribution in [0.15, 0.2) is 41.6 Å². The summed E-state index contributed by atoms with van der Waals surface area (Å²) >= 11 is 0. The minimum Gasteiger partial charge on any atom is -0.351 e. The summed E-state index contributed by atoms with van der Waals surface area (Å²) in [5.41, 5.74) is 4.65. The van der Waals surface area contributed by atoms with Gasteiger partial charge in [0.1, 0.15) is 5.56 Å². The van der Waals surface area contributed by atoms with Crippen molar-refractivity contribution in [2.75, 3.05) is 18.4 Å². The van der Waals surface area contributed by atoms with Crippen molar-refractivity contribution in [1.29, 1.82) is 0 Å². The van der Waals surface area contributed by atoms with Crippen molar-refractivity contribution in [1.82, 2.24) is 24.8 Å². The van der Waals surface area contributed by atoms with Crippen molar-refractivity contribution in [2.45, 2.75) is 51.5 Å². The van der Waals surface area contributed by atoms with Crippen molar-refractivity contribution < 1.29 is 4.79 Å². The van der Waals surface area contributed by atoms with Gasteiger partial charge in [0, 0.05) is 54.9 Å². The Bertz CT molecular complexity index is 1230. The molecule has 4 heterocycles. The second-order valence-corrected chi connectivity index (χ2v) is 9.03. The van der Waals surface area contributed by atoms with Gasteiger partial charge in [0.05, 0.1) is 5.69 Å². The molecule has 0 bridgehead atoms. The topological polar surface area (TPSA) is 104 Å². The number of nitrogens with one attached hydrogen (secondary N) is 2. The number of pyridine rings is 2. The van der Waals surface area contributed by atoms with Crippen LogP contribution in [0.4, 0.5) is 5.95 Å². The van der Waals surface area contributed by atoms with Crippen LogP contribution < -0.4 is 10.9 Å². The van der Waals surface area contributed by atoms with Crippen molar-refractivity contribution in [3.8, 4) is 11.1 Å². The molecule has 170 valence electrons. The van der Waals surface area contributed by atoms with E-state index in [9.17, 15) is 9.59 Å². The van der Waals surface area contributed by atoms with Crippen LogP contribution in [0.3, 0.4) is 0 Å². The molecular weight excluding hydrogens is 416 g/mol. The monoisotopic (exact) mass is 444 g/mol. The normalized spacial score (nSPS) is 16.6. The summed E-state index contributed by atoms with van der Waals surface area (Å²) in [6.07, 6.45) is 9.33. The largest absolute Gasteiger partial charge is 0.351 e. The molecule has 2 fully saturated rings. The number of nitrogens with zero attached hydrogens (tertiary/aromatic N) is 4. The highest BCUT2D eigenvalue weighted by atomic mass is 16.2. The standard InChI is InChI=1S/C25H28N6O2/c1-15-13-20(23(32)28-16(15)2)24(33)31-11-7-18(8-12-31)22-21(17-5-9-26-10-6-17)14-27-25(30-22)29-19-3-4-19/h5-6,9-10,13-14,18-19H,3-4,7-8,11-12H2,1-2H3,(H,28,32)(H,27,29,30). The third kappa shape index (κ3) is 4.51. The Morgan fingerprint density at radius 2 is 1.85 bits per heavy atom. The SMILES string of the molecule is Cc1cc(C(=O)N2CCC(c3nc(NC4CC4)ncc3-c3ccncc3)CC2)c(=O)[nH]c1C. The summed E-state index contributed by atoms with van der Waals surface area (Å²) in [5.74, 6) is 0.675. The Labute approximate surface area is 192 Å². The second kappa shape index (κ2) is 8.77. The number of aromatic nitrogens is 4. The maximum atomic E-state index is 13.1. The molecule has 2 aliphatic rings. The Kier molecular flexibility index (Phi) is 5.66. The molecule has 0 radical (unpaired) electrons. The van der Waals surface area contributed by atoms with Gasteiger partial charge in [-0.3, -0.25) is 14.6 Å². The molecule has 33 heavy (non-hydrogen) atoms. The Morgan fingerprint density at radius 3 is 2.55 bits per heavy atom. The first-order valence-corrected chi connectivity index (χ1v) is 11.5. The maximum absolute atomic E-state index is 13.1. The van der Waals surface area contributed by atoms with Gasteiger partial charge in [-0.25, -0.2) is 9.97 Å². The molecule has 1 saturated carbocycles. The molecule has 0 aromatic carbocycles. The predicted octanol–water partition coefficient (Wildman–Crippen LogP) is 3.44. The van der Waals surface area contributed by atoms with Gasteiger partial charge < -0.3 is 15.2 Å². The lowest BCUT2D eigenvalue weighted by atomic mass is 9.89. The molecule has 1 aliphatic carbocycles. The number of hydrogen-bond donors (Lipinski definition) is 2. The minimum absolute atomic E-state index is 0.203. The third-order valence-electron chi connectivity index (χ3n) is 6.62. The molecule has 2 N–H and O–H groups in total. The molecule has 0 spiro atoms.